The van der Waals surface area contributed by atoms with E-state index in [0.29, 0.717) is 37.8 Å². The fourth-order valence-electron chi connectivity index (χ4n) is 2.13. The fourth-order valence-corrected chi connectivity index (χ4v) is 2.63. The molecule has 2 aromatic rings. The number of aromatic nitrogens is 2. The van der Waals surface area contributed by atoms with Crippen LogP contribution in [0.5, 0.6) is 5.88 Å². The molecule has 0 spiro atoms. The number of hydrogen-bond donors (Lipinski definition) is 0. The number of carbonyl (C=O) groups is 1. The van der Waals surface area contributed by atoms with Gasteiger partial charge in [0, 0.05) is 25.8 Å². The summed E-state index contributed by atoms with van der Waals surface area (Å²) in [6.07, 6.45) is -0.612. The Morgan fingerprint density at radius 1 is 1.30 bits per heavy atom. The molecule has 1 aliphatic rings. The van der Waals surface area contributed by atoms with E-state index in [-0.39, 0.29) is 11.7 Å². The minimum atomic E-state index is -0.612. The van der Waals surface area contributed by atoms with Crippen LogP contribution in [0, 0.1) is 5.82 Å². The summed E-state index contributed by atoms with van der Waals surface area (Å²) in [5, 5.41) is 0. The molecule has 0 aliphatic carbocycles. The third kappa shape index (κ3) is 3.57. The number of rotatable bonds is 3. The average molecular weight is 338 g/mol. The largest absolute Gasteiger partial charge is 0.420 e. The van der Waals surface area contributed by atoms with E-state index in [9.17, 15) is 9.18 Å². The number of ether oxygens (including phenoxy) is 2. The first kappa shape index (κ1) is 15.6. The van der Waals surface area contributed by atoms with E-state index in [1.165, 1.54) is 29.2 Å². The van der Waals surface area contributed by atoms with E-state index >= 15 is 0 Å². The van der Waals surface area contributed by atoms with Gasteiger partial charge in [0.05, 0.1) is 24.9 Å². The predicted molar refractivity (Wildman–Crippen MR) is 83.8 cm³/mol. The van der Waals surface area contributed by atoms with Crippen molar-refractivity contribution >= 4 is 29.3 Å². The van der Waals surface area contributed by atoms with Gasteiger partial charge in [-0.3, -0.25) is 4.90 Å². The molecule has 0 radical (unpaired) electrons. The Hall–Kier alpha value is -2.26. The van der Waals surface area contributed by atoms with Crippen molar-refractivity contribution in [2.75, 3.05) is 43.2 Å². The van der Waals surface area contributed by atoms with Crippen LogP contribution in [0.3, 0.4) is 0 Å². The van der Waals surface area contributed by atoms with Crippen molar-refractivity contribution in [3.05, 3.63) is 30.1 Å². The molecule has 0 saturated carbocycles. The molecule has 7 nitrogen and oxygen atoms in total. The van der Waals surface area contributed by atoms with Gasteiger partial charge in [-0.15, -0.1) is 4.37 Å². The van der Waals surface area contributed by atoms with Crippen LogP contribution in [-0.2, 0) is 4.74 Å². The van der Waals surface area contributed by atoms with E-state index in [2.05, 4.69) is 8.75 Å². The zero-order valence-corrected chi connectivity index (χ0v) is 13.3. The van der Waals surface area contributed by atoms with Gasteiger partial charge in [0.25, 0.3) is 5.88 Å². The van der Waals surface area contributed by atoms with Crippen LogP contribution in [0.15, 0.2) is 24.3 Å². The van der Waals surface area contributed by atoms with E-state index in [1.807, 2.05) is 4.90 Å². The molecule has 1 aliphatic heterocycles. The molecule has 9 heteroatoms. The summed E-state index contributed by atoms with van der Waals surface area (Å²) in [4.78, 5) is 15.5. The van der Waals surface area contributed by atoms with Gasteiger partial charge in [0.1, 0.15) is 5.82 Å². The lowest BCUT2D eigenvalue weighted by atomic mass is 10.3. The summed E-state index contributed by atoms with van der Waals surface area (Å²) < 4.78 is 31.8. The normalized spacial score (nSPS) is 14.6. The minimum Gasteiger partial charge on any atom is -0.386 e. The van der Waals surface area contributed by atoms with Gasteiger partial charge < -0.3 is 14.4 Å². The van der Waals surface area contributed by atoms with Crippen molar-refractivity contribution in [3.63, 3.8) is 0 Å². The Labute approximate surface area is 136 Å². The molecule has 1 aromatic heterocycles. The highest BCUT2D eigenvalue weighted by Gasteiger charge is 2.23. The summed E-state index contributed by atoms with van der Waals surface area (Å²) in [5.41, 5.74) is 0.521. The lowest BCUT2D eigenvalue weighted by Crippen LogP contribution is -2.37. The monoisotopic (exact) mass is 338 g/mol. The maximum Gasteiger partial charge on any atom is 0.420 e. The quantitative estimate of drug-likeness (QED) is 0.854. The molecule has 122 valence electrons. The number of halogens is 1. The first-order valence-corrected chi connectivity index (χ1v) is 7.74. The highest BCUT2D eigenvalue weighted by molar-refractivity contribution is 6.99. The van der Waals surface area contributed by atoms with Crippen molar-refractivity contribution in [3.8, 4) is 5.88 Å². The number of hydrogen-bond acceptors (Lipinski definition) is 7. The average Bonchev–Trinajstić information content (AvgIpc) is 3.04. The third-order valence-corrected chi connectivity index (χ3v) is 3.93. The molecular weight excluding hydrogens is 323 g/mol. The van der Waals surface area contributed by atoms with E-state index in [4.69, 9.17) is 9.47 Å². The Morgan fingerprint density at radius 3 is 2.70 bits per heavy atom. The number of nitrogens with zero attached hydrogens (tertiary/aromatic N) is 4. The fraction of sp³-hybridized carbons (Fsp3) is 0.357. The van der Waals surface area contributed by atoms with Gasteiger partial charge in [-0.05, 0) is 24.3 Å². The summed E-state index contributed by atoms with van der Waals surface area (Å²) in [6, 6.07) is 5.56. The zero-order chi connectivity index (χ0) is 16.2. The molecule has 23 heavy (non-hydrogen) atoms. The Kier molecular flexibility index (Phi) is 4.68. The number of carbonyl (C=O) groups excluding carboxylic acids is 1. The maximum absolute atomic E-state index is 12.9. The number of benzene rings is 1. The molecule has 1 saturated heterocycles. The maximum atomic E-state index is 12.9. The lowest BCUT2D eigenvalue weighted by molar-refractivity contribution is 0.122. The van der Waals surface area contributed by atoms with Gasteiger partial charge in [0.15, 0.2) is 0 Å². The van der Waals surface area contributed by atoms with Gasteiger partial charge in [-0.2, -0.15) is 4.37 Å². The molecule has 0 N–H and O–H groups in total. The van der Waals surface area contributed by atoms with Gasteiger partial charge >= 0.3 is 6.09 Å². The van der Waals surface area contributed by atoms with E-state index < -0.39 is 6.09 Å². The van der Waals surface area contributed by atoms with Crippen LogP contribution >= 0.6 is 11.7 Å². The molecule has 2 heterocycles. The molecule has 1 fully saturated rings. The van der Waals surface area contributed by atoms with Crippen LogP contribution in [0.4, 0.5) is 20.7 Å². The van der Waals surface area contributed by atoms with Crippen molar-refractivity contribution in [1.82, 2.24) is 8.75 Å². The highest BCUT2D eigenvalue weighted by Crippen LogP contribution is 2.27. The van der Waals surface area contributed by atoms with E-state index in [1.54, 1.807) is 7.05 Å². The van der Waals surface area contributed by atoms with Crippen LogP contribution in [0.1, 0.15) is 0 Å². The molecule has 0 bridgehead atoms. The summed E-state index contributed by atoms with van der Waals surface area (Å²) in [7, 11) is 1.55. The van der Waals surface area contributed by atoms with Crippen LogP contribution in [0.25, 0.3) is 0 Å². The molecule has 1 amide bonds. The lowest BCUT2D eigenvalue weighted by Gasteiger charge is -2.26. The van der Waals surface area contributed by atoms with Crippen molar-refractivity contribution in [1.29, 1.82) is 0 Å². The zero-order valence-electron chi connectivity index (χ0n) is 12.4. The van der Waals surface area contributed by atoms with Crippen molar-refractivity contribution in [2.24, 2.45) is 0 Å². The second-order valence-electron chi connectivity index (χ2n) is 4.90. The first-order valence-electron chi connectivity index (χ1n) is 7.01. The molecule has 0 unspecified atom stereocenters. The highest BCUT2D eigenvalue weighted by atomic mass is 32.1. The smallest absolute Gasteiger partial charge is 0.386 e. The Balaban J connectivity index is 1.70. The minimum absolute atomic E-state index is 0.177. The van der Waals surface area contributed by atoms with Gasteiger partial charge in [-0.25, -0.2) is 9.18 Å². The Bertz CT molecular complexity index is 673. The van der Waals surface area contributed by atoms with Crippen LogP contribution < -0.4 is 14.5 Å². The molecular formula is C14H15FN4O3S. The van der Waals surface area contributed by atoms with Crippen molar-refractivity contribution in [2.45, 2.75) is 0 Å². The number of anilines is 2. The molecule has 3 rings (SSSR count). The van der Waals surface area contributed by atoms with Gasteiger partial charge in [-0.1, -0.05) is 0 Å². The first-order chi connectivity index (χ1) is 11.1. The molecule has 0 atom stereocenters. The predicted octanol–water partition coefficient (Wildman–Crippen LogP) is 2.15. The number of morpholine rings is 1. The van der Waals surface area contributed by atoms with Crippen LogP contribution in [0.2, 0.25) is 0 Å². The topological polar surface area (TPSA) is 67.8 Å². The standard InChI is InChI=1S/C14H15FN4O3S/c1-18(11-4-2-10(15)3-5-11)14(20)22-13-12(16-23-17-13)19-6-8-21-9-7-19/h2-5H,6-9H2,1H3. The third-order valence-electron chi connectivity index (χ3n) is 3.42. The summed E-state index contributed by atoms with van der Waals surface area (Å²) in [6.45, 7) is 2.54. The SMILES string of the molecule is CN(C(=O)Oc1nsnc1N1CCOCC1)c1ccc(F)cc1. The Morgan fingerprint density at radius 2 is 2.00 bits per heavy atom. The van der Waals surface area contributed by atoms with E-state index in [0.717, 1.165) is 11.7 Å². The summed E-state index contributed by atoms with van der Waals surface area (Å²) >= 11 is 0.984. The van der Waals surface area contributed by atoms with Crippen LogP contribution in [-0.4, -0.2) is 48.2 Å². The number of amides is 1. The van der Waals surface area contributed by atoms with Crippen molar-refractivity contribution < 1.29 is 18.7 Å². The second-order valence-corrected chi connectivity index (χ2v) is 5.42. The molecule has 1 aromatic carbocycles. The summed E-state index contributed by atoms with van der Waals surface area (Å²) in [5.74, 6) is 0.351. The second kappa shape index (κ2) is 6.88. The van der Waals surface area contributed by atoms with Gasteiger partial charge in [0.2, 0.25) is 5.82 Å².